The second-order valence-electron chi connectivity index (χ2n) is 5.18. The van der Waals surface area contributed by atoms with Crippen LogP contribution in [0, 0.1) is 5.92 Å². The lowest BCUT2D eigenvalue weighted by atomic mass is 9.92. The van der Waals surface area contributed by atoms with Crippen LogP contribution in [0.5, 0.6) is 0 Å². The highest BCUT2D eigenvalue weighted by Gasteiger charge is 2.26. The Balaban J connectivity index is 2.31. The molecule has 1 amide bonds. The minimum absolute atomic E-state index is 0.0596. The zero-order chi connectivity index (χ0) is 12.0. The molecular weight excluding hydrogens is 202 g/mol. The molecule has 1 N–H and O–H groups in total. The molecule has 1 aliphatic rings. The highest BCUT2D eigenvalue weighted by atomic mass is 16.5. The third-order valence-electron chi connectivity index (χ3n) is 3.12. The van der Waals surface area contributed by atoms with Crippen molar-refractivity contribution in [3.8, 4) is 0 Å². The highest BCUT2D eigenvalue weighted by molar-refractivity contribution is 5.73. The molecule has 16 heavy (non-hydrogen) atoms. The SMILES string of the molecule is CC(=O)N[C@H]1CCCC[C@H]1OCCC(C)C. The summed E-state index contributed by atoms with van der Waals surface area (Å²) in [5, 5.41) is 3.01. The van der Waals surface area contributed by atoms with Crippen molar-refractivity contribution in [3.05, 3.63) is 0 Å². The van der Waals surface area contributed by atoms with E-state index < -0.39 is 0 Å². The average molecular weight is 227 g/mol. The Labute approximate surface area is 98.9 Å². The summed E-state index contributed by atoms with van der Waals surface area (Å²) < 4.78 is 5.89. The molecule has 0 aromatic rings. The highest BCUT2D eigenvalue weighted by Crippen LogP contribution is 2.21. The van der Waals surface area contributed by atoms with E-state index in [2.05, 4.69) is 19.2 Å². The summed E-state index contributed by atoms with van der Waals surface area (Å²) in [5.74, 6) is 0.743. The molecule has 0 heterocycles. The molecule has 1 rings (SSSR count). The lowest BCUT2D eigenvalue weighted by Crippen LogP contribution is -2.45. The number of rotatable bonds is 5. The first-order valence-electron chi connectivity index (χ1n) is 6.48. The molecule has 3 heteroatoms. The molecule has 0 aromatic heterocycles. The molecule has 2 atom stereocenters. The molecule has 0 bridgehead atoms. The van der Waals surface area contributed by atoms with Crippen molar-refractivity contribution in [2.75, 3.05) is 6.61 Å². The maximum atomic E-state index is 11.1. The van der Waals surface area contributed by atoms with E-state index in [0.29, 0.717) is 5.92 Å². The van der Waals surface area contributed by atoms with Crippen LogP contribution in [0.2, 0.25) is 0 Å². The van der Waals surface area contributed by atoms with Gasteiger partial charge >= 0.3 is 0 Å². The van der Waals surface area contributed by atoms with Crippen LogP contribution in [0.1, 0.15) is 52.9 Å². The van der Waals surface area contributed by atoms with E-state index in [9.17, 15) is 4.79 Å². The largest absolute Gasteiger partial charge is 0.376 e. The van der Waals surface area contributed by atoms with Gasteiger partial charge in [-0.25, -0.2) is 0 Å². The number of nitrogens with one attached hydrogen (secondary N) is 1. The Hall–Kier alpha value is -0.570. The number of carbonyl (C=O) groups is 1. The second kappa shape index (κ2) is 6.89. The molecule has 3 nitrogen and oxygen atoms in total. The maximum Gasteiger partial charge on any atom is 0.217 e. The molecule has 0 aliphatic heterocycles. The van der Waals surface area contributed by atoms with E-state index in [1.807, 2.05) is 0 Å². The lowest BCUT2D eigenvalue weighted by molar-refractivity contribution is -0.121. The summed E-state index contributed by atoms with van der Waals surface area (Å²) in [6.07, 6.45) is 5.91. The van der Waals surface area contributed by atoms with Gasteiger partial charge in [0, 0.05) is 13.5 Å². The van der Waals surface area contributed by atoms with Crippen LogP contribution in [-0.2, 0) is 9.53 Å². The Morgan fingerprint density at radius 1 is 1.38 bits per heavy atom. The first kappa shape index (κ1) is 13.5. The van der Waals surface area contributed by atoms with Crippen molar-refractivity contribution in [1.29, 1.82) is 0 Å². The first-order chi connectivity index (χ1) is 7.59. The molecule has 1 fully saturated rings. The normalized spacial score (nSPS) is 25.8. The number of carbonyl (C=O) groups excluding carboxylic acids is 1. The van der Waals surface area contributed by atoms with Gasteiger partial charge in [-0.2, -0.15) is 0 Å². The van der Waals surface area contributed by atoms with Gasteiger partial charge in [0.1, 0.15) is 0 Å². The van der Waals surface area contributed by atoms with E-state index in [0.717, 1.165) is 25.9 Å². The minimum Gasteiger partial charge on any atom is -0.376 e. The van der Waals surface area contributed by atoms with Gasteiger partial charge in [0.2, 0.25) is 5.91 Å². The summed E-state index contributed by atoms with van der Waals surface area (Å²) in [4.78, 5) is 11.1. The molecule has 1 saturated carbocycles. The van der Waals surface area contributed by atoms with Crippen LogP contribution in [0.25, 0.3) is 0 Å². The fourth-order valence-electron chi connectivity index (χ4n) is 2.18. The number of amides is 1. The molecule has 94 valence electrons. The van der Waals surface area contributed by atoms with Crippen molar-refractivity contribution < 1.29 is 9.53 Å². The lowest BCUT2D eigenvalue weighted by Gasteiger charge is -2.32. The Kier molecular flexibility index (Phi) is 5.81. The average Bonchev–Trinajstić information content (AvgIpc) is 2.19. The van der Waals surface area contributed by atoms with E-state index in [-0.39, 0.29) is 18.1 Å². The molecular formula is C13H25NO2. The van der Waals surface area contributed by atoms with Gasteiger partial charge in [-0.15, -0.1) is 0 Å². The van der Waals surface area contributed by atoms with Crippen LogP contribution in [0.4, 0.5) is 0 Å². The molecule has 0 saturated heterocycles. The van der Waals surface area contributed by atoms with Crippen LogP contribution in [-0.4, -0.2) is 24.7 Å². The maximum absolute atomic E-state index is 11.1. The number of hydrogen-bond acceptors (Lipinski definition) is 2. The molecule has 0 aromatic carbocycles. The summed E-state index contributed by atoms with van der Waals surface area (Å²) >= 11 is 0. The fraction of sp³-hybridized carbons (Fsp3) is 0.923. The number of ether oxygens (including phenoxy) is 1. The molecule has 0 radical (unpaired) electrons. The monoisotopic (exact) mass is 227 g/mol. The van der Waals surface area contributed by atoms with Crippen molar-refractivity contribution in [2.45, 2.75) is 65.0 Å². The smallest absolute Gasteiger partial charge is 0.217 e. The standard InChI is InChI=1S/C13H25NO2/c1-10(2)8-9-16-13-7-5-4-6-12(13)14-11(3)15/h10,12-13H,4-9H2,1-3H3,(H,14,15)/t12-,13+/m0/s1. The third kappa shape index (κ3) is 4.97. The van der Waals surface area contributed by atoms with Crippen molar-refractivity contribution >= 4 is 5.91 Å². The predicted molar refractivity (Wildman–Crippen MR) is 65.3 cm³/mol. The zero-order valence-corrected chi connectivity index (χ0v) is 10.8. The van der Waals surface area contributed by atoms with Gasteiger partial charge < -0.3 is 10.1 Å². The molecule has 0 unspecified atom stereocenters. The second-order valence-corrected chi connectivity index (χ2v) is 5.18. The zero-order valence-electron chi connectivity index (χ0n) is 10.8. The summed E-state index contributed by atoms with van der Waals surface area (Å²) in [5.41, 5.74) is 0. The Morgan fingerprint density at radius 3 is 2.69 bits per heavy atom. The first-order valence-corrected chi connectivity index (χ1v) is 6.48. The van der Waals surface area contributed by atoms with E-state index in [1.165, 1.54) is 12.8 Å². The van der Waals surface area contributed by atoms with Crippen LogP contribution >= 0.6 is 0 Å². The summed E-state index contributed by atoms with van der Waals surface area (Å²) in [6, 6.07) is 0.235. The van der Waals surface area contributed by atoms with Crippen molar-refractivity contribution in [3.63, 3.8) is 0 Å². The van der Waals surface area contributed by atoms with E-state index >= 15 is 0 Å². The fourth-order valence-corrected chi connectivity index (χ4v) is 2.18. The minimum atomic E-state index is 0.0596. The Bertz CT molecular complexity index is 216. The quantitative estimate of drug-likeness (QED) is 0.783. The van der Waals surface area contributed by atoms with E-state index in [4.69, 9.17) is 4.74 Å². The Morgan fingerprint density at radius 2 is 2.06 bits per heavy atom. The summed E-state index contributed by atoms with van der Waals surface area (Å²) in [6.45, 7) is 6.81. The van der Waals surface area contributed by atoms with Crippen LogP contribution in [0.15, 0.2) is 0 Å². The predicted octanol–water partition coefficient (Wildman–Crippen LogP) is 2.50. The topological polar surface area (TPSA) is 38.3 Å². The van der Waals surface area contributed by atoms with Gasteiger partial charge in [0.15, 0.2) is 0 Å². The van der Waals surface area contributed by atoms with Gasteiger partial charge in [0.05, 0.1) is 12.1 Å². The van der Waals surface area contributed by atoms with E-state index in [1.54, 1.807) is 6.92 Å². The van der Waals surface area contributed by atoms with Gasteiger partial charge in [-0.05, 0) is 25.2 Å². The molecule has 1 aliphatic carbocycles. The van der Waals surface area contributed by atoms with Gasteiger partial charge in [0.25, 0.3) is 0 Å². The van der Waals surface area contributed by atoms with Crippen LogP contribution in [0.3, 0.4) is 0 Å². The summed E-state index contributed by atoms with van der Waals surface area (Å²) in [7, 11) is 0. The van der Waals surface area contributed by atoms with Crippen molar-refractivity contribution in [2.24, 2.45) is 5.92 Å². The van der Waals surface area contributed by atoms with Crippen molar-refractivity contribution in [1.82, 2.24) is 5.32 Å². The molecule has 0 spiro atoms. The van der Waals surface area contributed by atoms with Gasteiger partial charge in [-0.1, -0.05) is 26.7 Å². The number of hydrogen-bond donors (Lipinski definition) is 1. The van der Waals surface area contributed by atoms with Crippen LogP contribution < -0.4 is 5.32 Å². The van der Waals surface area contributed by atoms with Gasteiger partial charge in [-0.3, -0.25) is 4.79 Å². The third-order valence-corrected chi connectivity index (χ3v) is 3.12.